The summed E-state index contributed by atoms with van der Waals surface area (Å²) >= 11 is 0. The molecule has 1 N–H and O–H groups in total. The summed E-state index contributed by atoms with van der Waals surface area (Å²) in [4.78, 5) is 0. The lowest BCUT2D eigenvalue weighted by atomic mass is 10.1. The van der Waals surface area contributed by atoms with Gasteiger partial charge in [0.1, 0.15) is 18.3 Å². The Morgan fingerprint density at radius 1 is 1.27 bits per heavy atom. The third-order valence-electron chi connectivity index (χ3n) is 3.96. The van der Waals surface area contributed by atoms with E-state index in [1.54, 1.807) is 6.08 Å². The van der Waals surface area contributed by atoms with Gasteiger partial charge in [0.15, 0.2) is 5.79 Å². The molecule has 2 aliphatic heterocycles. The molecular formula is C17H22O5. The SMILES string of the molecule is C=C[C@@]12O[C@@H](CO)[C@@H](OCc3ccccc3)[C@@H]1OC(C)(C)O2. The van der Waals surface area contributed by atoms with Crippen LogP contribution in [0.3, 0.4) is 0 Å². The number of benzene rings is 1. The molecule has 0 aromatic heterocycles. The zero-order valence-corrected chi connectivity index (χ0v) is 12.9. The summed E-state index contributed by atoms with van der Waals surface area (Å²) in [5, 5.41) is 9.58. The van der Waals surface area contributed by atoms with Crippen LogP contribution in [-0.4, -0.2) is 41.6 Å². The highest BCUT2D eigenvalue weighted by Crippen LogP contribution is 2.47. The van der Waals surface area contributed by atoms with Gasteiger partial charge >= 0.3 is 0 Å². The van der Waals surface area contributed by atoms with E-state index in [1.807, 2.05) is 44.2 Å². The Labute approximate surface area is 130 Å². The Kier molecular flexibility index (Phi) is 4.09. The minimum atomic E-state index is -1.07. The van der Waals surface area contributed by atoms with Gasteiger partial charge in [0.05, 0.1) is 13.2 Å². The molecule has 1 aromatic carbocycles. The van der Waals surface area contributed by atoms with Crippen molar-refractivity contribution in [3.8, 4) is 0 Å². The number of rotatable bonds is 5. The summed E-state index contributed by atoms with van der Waals surface area (Å²) in [6.45, 7) is 7.69. The third kappa shape index (κ3) is 2.71. The summed E-state index contributed by atoms with van der Waals surface area (Å²) in [5.41, 5.74) is 1.05. The number of aliphatic hydroxyl groups excluding tert-OH is 1. The molecule has 0 spiro atoms. The van der Waals surface area contributed by atoms with Crippen molar-refractivity contribution >= 4 is 0 Å². The van der Waals surface area contributed by atoms with Gasteiger partial charge in [0, 0.05) is 0 Å². The largest absolute Gasteiger partial charge is 0.394 e. The Balaban J connectivity index is 1.78. The number of ether oxygens (including phenoxy) is 4. The Morgan fingerprint density at radius 3 is 2.64 bits per heavy atom. The molecule has 5 nitrogen and oxygen atoms in total. The lowest BCUT2D eigenvalue weighted by molar-refractivity contribution is -0.248. The highest BCUT2D eigenvalue weighted by atomic mass is 16.9. The first-order chi connectivity index (χ1) is 10.5. The maximum Gasteiger partial charge on any atom is 0.220 e. The molecular weight excluding hydrogens is 284 g/mol. The summed E-state index contributed by atoms with van der Waals surface area (Å²) in [5.74, 6) is -1.86. The normalized spacial score (nSPS) is 36.2. The third-order valence-corrected chi connectivity index (χ3v) is 3.96. The number of aliphatic hydroxyl groups is 1. The van der Waals surface area contributed by atoms with Crippen LogP contribution in [0, 0.1) is 0 Å². The fourth-order valence-corrected chi connectivity index (χ4v) is 3.05. The Bertz CT molecular complexity index is 529. The number of fused-ring (bicyclic) bond motifs is 1. The van der Waals surface area contributed by atoms with E-state index in [1.165, 1.54) is 0 Å². The molecule has 0 saturated carbocycles. The van der Waals surface area contributed by atoms with Crippen LogP contribution in [0.15, 0.2) is 43.0 Å². The summed E-state index contributed by atoms with van der Waals surface area (Å²) in [6, 6.07) is 9.85. The molecule has 0 aliphatic carbocycles. The van der Waals surface area contributed by atoms with Gasteiger partial charge in [-0.1, -0.05) is 36.9 Å². The van der Waals surface area contributed by atoms with Crippen LogP contribution in [0.5, 0.6) is 0 Å². The maximum atomic E-state index is 9.58. The molecule has 2 saturated heterocycles. The first kappa shape index (κ1) is 15.6. The minimum Gasteiger partial charge on any atom is -0.394 e. The van der Waals surface area contributed by atoms with Gasteiger partial charge in [-0.15, -0.1) is 0 Å². The predicted octanol–water partition coefficient (Wildman–Crippen LogP) is 2.00. The van der Waals surface area contributed by atoms with E-state index in [0.717, 1.165) is 5.56 Å². The molecule has 2 fully saturated rings. The average Bonchev–Trinajstić information content (AvgIpc) is 2.93. The molecule has 2 aliphatic rings. The lowest BCUT2D eigenvalue weighted by Gasteiger charge is -2.26. The van der Waals surface area contributed by atoms with E-state index >= 15 is 0 Å². The fraction of sp³-hybridized carbons (Fsp3) is 0.529. The van der Waals surface area contributed by atoms with Crippen molar-refractivity contribution in [2.45, 2.75) is 50.3 Å². The Morgan fingerprint density at radius 2 is 2.00 bits per heavy atom. The molecule has 5 heteroatoms. The van der Waals surface area contributed by atoms with Crippen LogP contribution in [0.1, 0.15) is 19.4 Å². The van der Waals surface area contributed by atoms with E-state index < -0.39 is 29.9 Å². The van der Waals surface area contributed by atoms with Crippen molar-refractivity contribution in [2.24, 2.45) is 0 Å². The van der Waals surface area contributed by atoms with Gasteiger partial charge in [-0.05, 0) is 25.5 Å². The molecule has 0 unspecified atom stereocenters. The van der Waals surface area contributed by atoms with Crippen LogP contribution in [0.4, 0.5) is 0 Å². The van der Waals surface area contributed by atoms with Gasteiger partial charge in [0.25, 0.3) is 0 Å². The molecule has 0 bridgehead atoms. The zero-order valence-electron chi connectivity index (χ0n) is 12.9. The van der Waals surface area contributed by atoms with Crippen molar-refractivity contribution < 1.29 is 24.1 Å². The van der Waals surface area contributed by atoms with E-state index in [-0.39, 0.29) is 6.61 Å². The van der Waals surface area contributed by atoms with Gasteiger partial charge < -0.3 is 24.1 Å². The standard InChI is InChI=1S/C17H22O5/c1-4-17-15(21-16(2,3)22-17)14(13(10-18)20-17)19-11-12-8-6-5-7-9-12/h4-9,13-15,18H,1,10-11H2,2-3H3/t13-,14+,15-,17-/m0/s1. The molecule has 1 aromatic rings. The van der Waals surface area contributed by atoms with Crippen LogP contribution in [0.2, 0.25) is 0 Å². The first-order valence-corrected chi connectivity index (χ1v) is 7.45. The van der Waals surface area contributed by atoms with Gasteiger partial charge in [-0.25, -0.2) is 0 Å². The molecule has 0 radical (unpaired) electrons. The summed E-state index contributed by atoms with van der Waals surface area (Å²) in [7, 11) is 0. The van der Waals surface area contributed by atoms with Crippen LogP contribution >= 0.6 is 0 Å². The topological polar surface area (TPSA) is 57.2 Å². The quantitative estimate of drug-likeness (QED) is 0.843. The monoisotopic (exact) mass is 306 g/mol. The smallest absolute Gasteiger partial charge is 0.220 e. The van der Waals surface area contributed by atoms with Crippen molar-refractivity contribution in [2.75, 3.05) is 6.61 Å². The average molecular weight is 306 g/mol. The number of hydrogen-bond acceptors (Lipinski definition) is 5. The maximum absolute atomic E-state index is 9.58. The second kappa shape index (κ2) is 5.76. The summed E-state index contributed by atoms with van der Waals surface area (Å²) in [6.07, 6.45) is 0.190. The van der Waals surface area contributed by atoms with Gasteiger partial charge in [0.2, 0.25) is 5.79 Å². The minimum absolute atomic E-state index is 0.168. The van der Waals surface area contributed by atoms with Crippen molar-refractivity contribution in [1.82, 2.24) is 0 Å². The molecule has 4 atom stereocenters. The highest BCUT2D eigenvalue weighted by Gasteiger charge is 2.63. The molecule has 22 heavy (non-hydrogen) atoms. The fourth-order valence-electron chi connectivity index (χ4n) is 3.05. The first-order valence-electron chi connectivity index (χ1n) is 7.45. The predicted molar refractivity (Wildman–Crippen MR) is 79.9 cm³/mol. The molecule has 3 rings (SSSR count). The van der Waals surface area contributed by atoms with E-state index in [0.29, 0.717) is 6.61 Å². The lowest BCUT2D eigenvalue weighted by Crippen LogP contribution is -2.40. The molecule has 2 heterocycles. The Hall–Kier alpha value is -1.24. The van der Waals surface area contributed by atoms with Crippen LogP contribution < -0.4 is 0 Å². The zero-order chi connectivity index (χ0) is 15.8. The number of hydrogen-bond donors (Lipinski definition) is 1. The van der Waals surface area contributed by atoms with E-state index in [2.05, 4.69) is 6.58 Å². The second-order valence-electron chi connectivity index (χ2n) is 6.07. The summed E-state index contributed by atoms with van der Waals surface area (Å²) < 4.78 is 23.7. The molecule has 120 valence electrons. The van der Waals surface area contributed by atoms with Crippen molar-refractivity contribution in [1.29, 1.82) is 0 Å². The second-order valence-corrected chi connectivity index (χ2v) is 6.07. The van der Waals surface area contributed by atoms with E-state index in [9.17, 15) is 5.11 Å². The van der Waals surface area contributed by atoms with Crippen molar-refractivity contribution in [3.63, 3.8) is 0 Å². The van der Waals surface area contributed by atoms with Gasteiger partial charge in [-0.2, -0.15) is 0 Å². The van der Waals surface area contributed by atoms with Crippen molar-refractivity contribution in [3.05, 3.63) is 48.6 Å². The molecule has 0 amide bonds. The highest BCUT2D eigenvalue weighted by molar-refractivity contribution is 5.15. The van der Waals surface area contributed by atoms with E-state index in [4.69, 9.17) is 18.9 Å². The van der Waals surface area contributed by atoms with Crippen LogP contribution in [-0.2, 0) is 25.6 Å². The van der Waals surface area contributed by atoms with Crippen LogP contribution in [0.25, 0.3) is 0 Å². The van der Waals surface area contributed by atoms with Gasteiger partial charge in [-0.3, -0.25) is 0 Å².